The topological polar surface area (TPSA) is 237 Å². The second-order valence-electron chi connectivity index (χ2n) is 14.4. The Kier molecular flexibility index (Phi) is 10.0. The number of methoxy groups -OCH3 is 3. The molecule has 2 aliphatic heterocycles. The lowest BCUT2D eigenvalue weighted by atomic mass is 9.79. The molecule has 59 heavy (non-hydrogen) atoms. The number of carbonyl (C=O) groups is 4. The van der Waals surface area contributed by atoms with Crippen LogP contribution in [0.25, 0.3) is 20.2 Å². The fourth-order valence-corrected chi connectivity index (χ4v) is 10.1. The van der Waals surface area contributed by atoms with E-state index in [1.54, 1.807) is 47.2 Å². The first kappa shape index (κ1) is 39.0. The quantitative estimate of drug-likeness (QED) is 0.142. The smallest absolute Gasteiger partial charge is 0.338 e. The molecule has 0 radical (unpaired) electrons. The highest BCUT2D eigenvalue weighted by molar-refractivity contribution is 7.18. The van der Waals surface area contributed by atoms with Gasteiger partial charge in [-0.1, -0.05) is 24.3 Å². The second-order valence-corrected chi connectivity index (χ2v) is 16.2. The molecular weight excluding hydrogens is 795 g/mol. The molecule has 8 rings (SSSR count). The summed E-state index contributed by atoms with van der Waals surface area (Å²) in [5.41, 5.74) is 22.8. The number of nitrogens with zero attached hydrogens (tertiary/aromatic N) is 4. The standard InChI is InChI=1S/C42H37N7O8S2/c1-54-39(50)29-27(25-17-58-34-21(14-43)6-4-8-23(25)34)32(42(53)57-16-19-10-11-19)36(45)48(33(29)20-12-13-20)49-37(46)30(40(51)55-2)28(31(38(49)47)41(52)56-3)26-18-59-35-22(15-44)7-5-9-24(26)35/h4-9,17-20,27-28H,10-13,16,45-47H2,1-3H3. The maximum absolute atomic E-state index is 14.6. The average molecular weight is 832 g/mol. The van der Waals surface area contributed by atoms with Gasteiger partial charge in [0, 0.05) is 5.92 Å². The minimum atomic E-state index is -1.26. The summed E-state index contributed by atoms with van der Waals surface area (Å²) in [7, 11) is 3.53. The van der Waals surface area contributed by atoms with E-state index in [-0.39, 0.29) is 63.9 Å². The van der Waals surface area contributed by atoms with E-state index in [0.29, 0.717) is 55.3 Å². The van der Waals surface area contributed by atoms with Gasteiger partial charge in [-0.2, -0.15) is 10.5 Å². The van der Waals surface area contributed by atoms with Gasteiger partial charge in [0.15, 0.2) is 0 Å². The van der Waals surface area contributed by atoms with Crippen molar-refractivity contribution in [3.8, 4) is 12.1 Å². The highest BCUT2D eigenvalue weighted by Crippen LogP contribution is 2.54. The third-order valence-electron chi connectivity index (χ3n) is 11.0. The number of hydrazine groups is 1. The minimum absolute atomic E-state index is 0.0273. The Labute approximate surface area is 345 Å². The van der Waals surface area contributed by atoms with Crippen molar-refractivity contribution in [3.05, 3.63) is 115 Å². The maximum Gasteiger partial charge on any atom is 0.338 e. The molecule has 2 aliphatic carbocycles. The van der Waals surface area contributed by atoms with E-state index in [9.17, 15) is 29.7 Å². The molecule has 4 heterocycles. The Bertz CT molecular complexity index is 2680. The Morgan fingerprint density at radius 2 is 1.10 bits per heavy atom. The summed E-state index contributed by atoms with van der Waals surface area (Å²) in [5, 5.41) is 26.9. The third kappa shape index (κ3) is 6.30. The van der Waals surface area contributed by atoms with Crippen LogP contribution in [0.15, 0.2) is 92.6 Å². The zero-order valence-corrected chi connectivity index (χ0v) is 33.7. The number of ether oxygens (including phenoxy) is 4. The number of hydrogen-bond acceptors (Lipinski definition) is 17. The molecule has 2 aromatic carbocycles. The molecule has 4 aliphatic rings. The molecule has 15 nitrogen and oxygen atoms in total. The number of carbonyl (C=O) groups excluding carboxylic acids is 4. The van der Waals surface area contributed by atoms with Gasteiger partial charge in [-0.05, 0) is 76.4 Å². The van der Waals surface area contributed by atoms with Crippen LogP contribution in [-0.4, -0.2) is 61.8 Å². The zero-order chi connectivity index (χ0) is 41.9. The summed E-state index contributed by atoms with van der Waals surface area (Å²) in [5.74, 6) is -6.96. The highest BCUT2D eigenvalue weighted by Gasteiger charge is 2.52. The van der Waals surface area contributed by atoms with Crippen LogP contribution in [0.4, 0.5) is 0 Å². The number of thiophene rings is 2. The number of nitrogens with two attached hydrogens (primary N) is 3. The van der Waals surface area contributed by atoms with Crippen molar-refractivity contribution in [2.24, 2.45) is 29.0 Å². The summed E-state index contributed by atoms with van der Waals surface area (Å²) < 4.78 is 23.2. The molecule has 0 amide bonds. The van der Waals surface area contributed by atoms with Crippen LogP contribution in [0.3, 0.4) is 0 Å². The summed E-state index contributed by atoms with van der Waals surface area (Å²) in [6.45, 7) is 0.106. The Balaban J connectivity index is 1.43. The molecule has 6 N–H and O–H groups in total. The van der Waals surface area contributed by atoms with Gasteiger partial charge in [-0.25, -0.2) is 29.2 Å². The number of rotatable bonds is 10. The average Bonchev–Trinajstić information content (AvgIpc) is 4.18. The SMILES string of the molecule is COC(=O)C1=C(N)N(N2C(N)=C(C(=O)OCC3CC3)C(c3csc4c(C#N)cccc34)C(C(=O)OC)=C2C2CC2)C(N)=C(C(=O)OC)C1c1csc2c(C#N)cccc12. The highest BCUT2D eigenvalue weighted by atomic mass is 32.1. The van der Waals surface area contributed by atoms with Crippen molar-refractivity contribution >= 4 is 66.7 Å². The second kappa shape index (κ2) is 15.2. The van der Waals surface area contributed by atoms with Crippen LogP contribution in [-0.2, 0) is 38.1 Å². The van der Waals surface area contributed by atoms with Crippen LogP contribution in [0.2, 0.25) is 0 Å². The van der Waals surface area contributed by atoms with Crippen molar-refractivity contribution < 1.29 is 38.1 Å². The van der Waals surface area contributed by atoms with Gasteiger partial charge in [-0.3, -0.25) is 0 Å². The van der Waals surface area contributed by atoms with Crippen molar-refractivity contribution in [1.29, 1.82) is 10.5 Å². The molecule has 0 bridgehead atoms. The molecular formula is C42H37N7O8S2. The van der Waals surface area contributed by atoms with Gasteiger partial charge in [0.2, 0.25) is 0 Å². The lowest BCUT2D eigenvalue weighted by Gasteiger charge is -2.47. The maximum atomic E-state index is 14.6. The third-order valence-corrected chi connectivity index (χ3v) is 13.1. The lowest BCUT2D eigenvalue weighted by Crippen LogP contribution is -2.54. The first-order valence-electron chi connectivity index (χ1n) is 18.6. The van der Waals surface area contributed by atoms with Crippen LogP contribution in [0.1, 0.15) is 59.8 Å². The van der Waals surface area contributed by atoms with Crippen LogP contribution in [0.5, 0.6) is 0 Å². The fourth-order valence-electron chi connectivity index (χ4n) is 7.95. The number of esters is 4. The van der Waals surface area contributed by atoms with E-state index in [4.69, 9.17) is 36.1 Å². The molecule has 4 aromatic rings. The predicted molar refractivity (Wildman–Crippen MR) is 215 cm³/mol. The fraction of sp³-hybridized carbons (Fsp3) is 0.286. The first-order valence-corrected chi connectivity index (χ1v) is 20.3. The van der Waals surface area contributed by atoms with E-state index >= 15 is 0 Å². The van der Waals surface area contributed by atoms with Gasteiger partial charge in [-0.15, -0.1) is 22.7 Å². The number of benzene rings is 2. The normalized spacial score (nSPS) is 18.6. The molecule has 2 fully saturated rings. The molecule has 0 spiro atoms. The molecule has 2 aromatic heterocycles. The molecule has 17 heteroatoms. The Morgan fingerprint density at radius 3 is 1.54 bits per heavy atom. The number of nitriles is 2. The lowest BCUT2D eigenvalue weighted by molar-refractivity contribution is -0.141. The monoisotopic (exact) mass is 831 g/mol. The van der Waals surface area contributed by atoms with Crippen LogP contribution >= 0.6 is 22.7 Å². The van der Waals surface area contributed by atoms with E-state index in [2.05, 4.69) is 12.1 Å². The minimum Gasteiger partial charge on any atom is -0.466 e. The van der Waals surface area contributed by atoms with Crippen molar-refractivity contribution in [2.75, 3.05) is 27.9 Å². The van der Waals surface area contributed by atoms with Crippen LogP contribution < -0.4 is 17.2 Å². The van der Waals surface area contributed by atoms with Gasteiger partial charge in [0.25, 0.3) is 0 Å². The van der Waals surface area contributed by atoms with Gasteiger partial charge in [0.05, 0.1) is 88.3 Å². The summed E-state index contributed by atoms with van der Waals surface area (Å²) >= 11 is 2.52. The van der Waals surface area contributed by atoms with Crippen molar-refractivity contribution in [2.45, 2.75) is 37.5 Å². The number of hydrogen-bond donors (Lipinski definition) is 3. The predicted octanol–water partition coefficient (Wildman–Crippen LogP) is 4.92. The molecule has 1 unspecified atom stereocenters. The molecule has 300 valence electrons. The number of fused-ring (bicyclic) bond motifs is 2. The van der Waals surface area contributed by atoms with E-state index in [1.807, 2.05) is 0 Å². The van der Waals surface area contributed by atoms with E-state index < -0.39 is 35.7 Å². The Hall–Kier alpha value is -6.82. The van der Waals surface area contributed by atoms with Crippen LogP contribution in [0, 0.1) is 34.5 Å². The summed E-state index contributed by atoms with van der Waals surface area (Å²) in [6, 6.07) is 14.7. The first-order chi connectivity index (χ1) is 28.5. The number of allylic oxidation sites excluding steroid dienone is 1. The van der Waals surface area contributed by atoms with Crippen molar-refractivity contribution in [1.82, 2.24) is 10.0 Å². The molecule has 0 saturated heterocycles. The largest absolute Gasteiger partial charge is 0.466 e. The van der Waals surface area contributed by atoms with Gasteiger partial charge in [0.1, 0.15) is 29.6 Å². The Morgan fingerprint density at radius 1 is 0.661 bits per heavy atom. The van der Waals surface area contributed by atoms with Gasteiger partial charge >= 0.3 is 23.9 Å². The zero-order valence-electron chi connectivity index (χ0n) is 32.1. The summed E-state index contributed by atoms with van der Waals surface area (Å²) in [4.78, 5) is 57.1. The van der Waals surface area contributed by atoms with E-state index in [0.717, 1.165) is 32.1 Å². The molecule has 2 saturated carbocycles. The van der Waals surface area contributed by atoms with Gasteiger partial charge < -0.3 is 36.1 Å². The summed E-state index contributed by atoms with van der Waals surface area (Å²) in [6.07, 6.45) is 2.92. The van der Waals surface area contributed by atoms with Crippen molar-refractivity contribution in [3.63, 3.8) is 0 Å². The van der Waals surface area contributed by atoms with E-state index in [1.165, 1.54) is 34.8 Å². The molecule has 1 atom stereocenters.